The van der Waals surface area contributed by atoms with E-state index in [1.54, 1.807) is 29.6 Å². The van der Waals surface area contributed by atoms with Crippen molar-refractivity contribution < 1.29 is 9.59 Å². The topological polar surface area (TPSA) is 72.0 Å². The number of nitrogens with one attached hydrogen (secondary N) is 1. The van der Waals surface area contributed by atoms with E-state index >= 15 is 0 Å². The Balaban J connectivity index is 2.25. The summed E-state index contributed by atoms with van der Waals surface area (Å²) in [6.07, 6.45) is 0. The molecule has 0 saturated carbocycles. The lowest BCUT2D eigenvalue weighted by atomic mass is 10.1. The zero-order valence-corrected chi connectivity index (χ0v) is 9.82. The van der Waals surface area contributed by atoms with Crippen LogP contribution in [-0.2, 0) is 0 Å². The van der Waals surface area contributed by atoms with Crippen molar-refractivity contribution >= 4 is 28.9 Å². The molecule has 1 amide bonds. The van der Waals surface area contributed by atoms with Crippen molar-refractivity contribution in [1.82, 2.24) is 9.59 Å². The third-order valence-corrected chi connectivity index (χ3v) is 2.65. The molecule has 6 heteroatoms. The molecule has 0 atom stereocenters. The molecule has 1 heterocycles. The molecule has 1 N–H and O–H groups in total. The van der Waals surface area contributed by atoms with E-state index in [-0.39, 0.29) is 17.4 Å². The number of para-hydroxylation sites is 1. The molecule has 0 aliphatic carbocycles. The average Bonchev–Trinajstić information content (AvgIpc) is 2.83. The molecule has 86 valence electrons. The van der Waals surface area contributed by atoms with Crippen molar-refractivity contribution in [2.75, 3.05) is 5.32 Å². The first-order chi connectivity index (χ1) is 8.18. The first-order valence-corrected chi connectivity index (χ1v) is 5.70. The number of aromatic nitrogens is 2. The zero-order valence-electron chi connectivity index (χ0n) is 9.01. The van der Waals surface area contributed by atoms with E-state index in [2.05, 4.69) is 14.9 Å². The number of hydrogen-bond donors (Lipinski definition) is 1. The molecule has 2 rings (SSSR count). The summed E-state index contributed by atoms with van der Waals surface area (Å²) >= 11 is 1.10. The number of rotatable bonds is 3. The van der Waals surface area contributed by atoms with Crippen molar-refractivity contribution in [1.29, 1.82) is 0 Å². The molecule has 0 aliphatic heterocycles. The fourth-order valence-corrected chi connectivity index (χ4v) is 1.79. The van der Waals surface area contributed by atoms with Crippen molar-refractivity contribution in [2.45, 2.75) is 6.92 Å². The zero-order chi connectivity index (χ0) is 12.3. The van der Waals surface area contributed by atoms with Gasteiger partial charge in [-0.25, -0.2) is 0 Å². The fourth-order valence-electron chi connectivity index (χ4n) is 1.35. The molecule has 0 radical (unpaired) electrons. The molecule has 0 unspecified atom stereocenters. The van der Waals surface area contributed by atoms with Gasteiger partial charge < -0.3 is 5.32 Å². The maximum Gasteiger partial charge on any atom is 0.277 e. The van der Waals surface area contributed by atoms with Gasteiger partial charge in [0, 0.05) is 10.9 Å². The van der Waals surface area contributed by atoms with E-state index in [4.69, 9.17) is 0 Å². The number of nitrogens with zero attached hydrogens (tertiary/aromatic N) is 2. The van der Waals surface area contributed by atoms with Crippen LogP contribution in [0.5, 0.6) is 0 Å². The molecule has 5 nitrogen and oxygen atoms in total. The van der Waals surface area contributed by atoms with Gasteiger partial charge in [-0.1, -0.05) is 16.6 Å². The van der Waals surface area contributed by atoms with Crippen LogP contribution >= 0.6 is 11.5 Å². The van der Waals surface area contributed by atoms with Gasteiger partial charge in [-0.15, -0.1) is 5.10 Å². The second-order valence-electron chi connectivity index (χ2n) is 3.35. The lowest BCUT2D eigenvalue weighted by Crippen LogP contribution is -2.14. The smallest absolute Gasteiger partial charge is 0.277 e. The van der Waals surface area contributed by atoms with E-state index in [1.807, 2.05) is 0 Å². The Labute approximate surface area is 102 Å². The average molecular weight is 247 g/mol. The SMILES string of the molecule is CC(=O)c1ccccc1NC(=O)c1csnn1. The highest BCUT2D eigenvalue weighted by Crippen LogP contribution is 2.16. The van der Waals surface area contributed by atoms with Gasteiger partial charge in [0.2, 0.25) is 0 Å². The summed E-state index contributed by atoms with van der Waals surface area (Å²) in [6.45, 7) is 1.45. The summed E-state index contributed by atoms with van der Waals surface area (Å²) in [5, 5.41) is 7.84. The van der Waals surface area contributed by atoms with Crippen LogP contribution < -0.4 is 5.32 Å². The van der Waals surface area contributed by atoms with Gasteiger partial charge in [-0.2, -0.15) is 0 Å². The maximum atomic E-state index is 11.7. The van der Waals surface area contributed by atoms with Crippen molar-refractivity contribution in [3.63, 3.8) is 0 Å². The van der Waals surface area contributed by atoms with Gasteiger partial charge in [-0.3, -0.25) is 9.59 Å². The molecular weight excluding hydrogens is 238 g/mol. The Morgan fingerprint density at radius 2 is 2.06 bits per heavy atom. The van der Waals surface area contributed by atoms with E-state index in [1.165, 1.54) is 6.92 Å². The van der Waals surface area contributed by atoms with Crippen LogP contribution in [0.15, 0.2) is 29.6 Å². The van der Waals surface area contributed by atoms with E-state index < -0.39 is 0 Å². The molecule has 1 aromatic carbocycles. The Hall–Kier alpha value is -2.08. The first kappa shape index (κ1) is 11.4. The molecule has 0 fully saturated rings. The minimum atomic E-state index is -0.368. The summed E-state index contributed by atoms with van der Waals surface area (Å²) in [5.74, 6) is -0.468. The Morgan fingerprint density at radius 3 is 2.71 bits per heavy atom. The van der Waals surface area contributed by atoms with Crippen LogP contribution in [-0.4, -0.2) is 21.3 Å². The molecule has 0 aliphatic rings. The summed E-state index contributed by atoms with van der Waals surface area (Å²) in [5.41, 5.74) is 1.20. The van der Waals surface area contributed by atoms with E-state index in [0.29, 0.717) is 11.3 Å². The number of ketones is 1. The molecule has 1 aromatic heterocycles. The molecular formula is C11H9N3O2S. The Kier molecular flexibility index (Phi) is 3.24. The van der Waals surface area contributed by atoms with Crippen LogP contribution in [0.25, 0.3) is 0 Å². The molecule has 17 heavy (non-hydrogen) atoms. The van der Waals surface area contributed by atoms with Gasteiger partial charge in [0.25, 0.3) is 5.91 Å². The number of benzene rings is 1. The molecule has 2 aromatic rings. The second kappa shape index (κ2) is 4.84. The third kappa shape index (κ3) is 2.54. The fraction of sp³-hybridized carbons (Fsp3) is 0.0909. The van der Waals surface area contributed by atoms with Crippen molar-refractivity contribution in [3.05, 3.63) is 40.9 Å². The van der Waals surface area contributed by atoms with Crippen LogP contribution in [0.3, 0.4) is 0 Å². The summed E-state index contributed by atoms with van der Waals surface area (Å²) in [7, 11) is 0. The number of amides is 1. The quantitative estimate of drug-likeness (QED) is 0.842. The summed E-state index contributed by atoms with van der Waals surface area (Å²) in [4.78, 5) is 23.1. The van der Waals surface area contributed by atoms with Gasteiger partial charge >= 0.3 is 0 Å². The standard InChI is InChI=1S/C11H9N3O2S/c1-7(15)8-4-2-3-5-9(8)12-11(16)10-6-17-14-13-10/h2-6H,1H3,(H,12,16). The van der Waals surface area contributed by atoms with Gasteiger partial charge in [0.05, 0.1) is 5.69 Å². The Morgan fingerprint density at radius 1 is 1.29 bits per heavy atom. The predicted octanol–water partition coefficient (Wildman–Crippen LogP) is 1.99. The number of hydrogen-bond acceptors (Lipinski definition) is 5. The van der Waals surface area contributed by atoms with Crippen LogP contribution in [0.4, 0.5) is 5.69 Å². The number of carbonyl (C=O) groups is 2. The molecule has 0 spiro atoms. The Bertz CT molecular complexity index is 552. The third-order valence-electron chi connectivity index (χ3n) is 2.15. The highest BCUT2D eigenvalue weighted by molar-refractivity contribution is 7.03. The van der Waals surface area contributed by atoms with Gasteiger partial charge in [0.15, 0.2) is 11.5 Å². The van der Waals surface area contributed by atoms with Crippen molar-refractivity contribution in [3.8, 4) is 0 Å². The van der Waals surface area contributed by atoms with Crippen molar-refractivity contribution in [2.24, 2.45) is 0 Å². The van der Waals surface area contributed by atoms with Crippen LogP contribution in [0.2, 0.25) is 0 Å². The minimum Gasteiger partial charge on any atom is -0.320 e. The van der Waals surface area contributed by atoms with Crippen LogP contribution in [0, 0.1) is 0 Å². The minimum absolute atomic E-state index is 0.0997. The monoisotopic (exact) mass is 247 g/mol. The highest BCUT2D eigenvalue weighted by atomic mass is 32.1. The molecule has 0 saturated heterocycles. The largest absolute Gasteiger partial charge is 0.320 e. The van der Waals surface area contributed by atoms with Gasteiger partial charge in [-0.05, 0) is 30.6 Å². The lowest BCUT2D eigenvalue weighted by Gasteiger charge is -2.06. The van der Waals surface area contributed by atoms with Crippen LogP contribution in [0.1, 0.15) is 27.8 Å². The van der Waals surface area contributed by atoms with Gasteiger partial charge in [0.1, 0.15) is 0 Å². The summed E-state index contributed by atoms with van der Waals surface area (Å²) < 4.78 is 3.61. The predicted molar refractivity (Wildman–Crippen MR) is 64.3 cm³/mol. The number of carbonyl (C=O) groups excluding carboxylic acids is 2. The summed E-state index contributed by atoms with van der Waals surface area (Å²) in [6, 6.07) is 6.84. The van der Waals surface area contributed by atoms with E-state index in [9.17, 15) is 9.59 Å². The highest BCUT2D eigenvalue weighted by Gasteiger charge is 2.12. The second-order valence-corrected chi connectivity index (χ2v) is 3.96. The normalized spacial score (nSPS) is 9.94. The lowest BCUT2D eigenvalue weighted by molar-refractivity contribution is 0.101. The number of anilines is 1. The van der Waals surface area contributed by atoms with E-state index in [0.717, 1.165) is 11.5 Å². The first-order valence-electron chi connectivity index (χ1n) is 4.87. The number of Topliss-reactive ketones (excluding diaryl/α,β-unsaturated/α-hetero) is 1. The molecule has 0 bridgehead atoms. The maximum absolute atomic E-state index is 11.7.